The van der Waals surface area contributed by atoms with Gasteiger partial charge in [-0.2, -0.15) is 5.26 Å². The van der Waals surface area contributed by atoms with Gasteiger partial charge in [-0.3, -0.25) is 0 Å². The van der Waals surface area contributed by atoms with Crippen molar-refractivity contribution in [2.24, 2.45) is 0 Å². The van der Waals surface area contributed by atoms with Crippen molar-refractivity contribution in [2.75, 3.05) is 11.1 Å². The van der Waals surface area contributed by atoms with E-state index in [-0.39, 0.29) is 0 Å². The predicted octanol–water partition coefficient (Wildman–Crippen LogP) is 2.79. The van der Waals surface area contributed by atoms with Gasteiger partial charge in [-0.25, -0.2) is 0 Å². The van der Waals surface area contributed by atoms with Crippen LogP contribution in [0.2, 0.25) is 0 Å². The zero-order valence-electron chi connectivity index (χ0n) is 8.08. The van der Waals surface area contributed by atoms with Gasteiger partial charge in [0, 0.05) is 16.7 Å². The highest BCUT2D eigenvalue weighted by Crippen LogP contribution is 2.35. The molecule has 2 nitrogen and oxygen atoms in total. The fourth-order valence-electron chi connectivity index (χ4n) is 1.60. The van der Waals surface area contributed by atoms with Crippen LogP contribution in [-0.4, -0.2) is 11.8 Å². The van der Waals surface area contributed by atoms with Crippen LogP contribution in [0.15, 0.2) is 23.1 Å². The van der Waals surface area contributed by atoms with Gasteiger partial charge in [0.2, 0.25) is 0 Å². The normalized spacial score (nSPS) is 19.3. The van der Waals surface area contributed by atoms with Crippen LogP contribution in [-0.2, 0) is 0 Å². The van der Waals surface area contributed by atoms with E-state index in [0.717, 1.165) is 5.75 Å². The molecule has 14 heavy (non-hydrogen) atoms. The smallest absolute Gasteiger partial charge is 0.0643 e. The zero-order valence-corrected chi connectivity index (χ0v) is 8.90. The van der Waals surface area contributed by atoms with E-state index in [1.54, 1.807) is 0 Å². The minimum Gasteiger partial charge on any atom is -0.379 e. The summed E-state index contributed by atoms with van der Waals surface area (Å²) in [6.07, 6.45) is 0.584. The number of nitrogens with zero attached hydrogens (tertiary/aromatic N) is 1. The highest BCUT2D eigenvalue weighted by Gasteiger charge is 2.18. The number of thioether (sulfide) groups is 1. The maximum absolute atomic E-state index is 8.64. The molecule has 0 bridgehead atoms. The van der Waals surface area contributed by atoms with Crippen molar-refractivity contribution < 1.29 is 0 Å². The molecule has 1 aliphatic rings. The average Bonchev–Trinajstić information content (AvgIpc) is 2.20. The van der Waals surface area contributed by atoms with Crippen molar-refractivity contribution in [1.29, 1.82) is 5.26 Å². The Hall–Kier alpha value is -1.14. The standard InChI is InChI=1S/C11H12N2S/c1-8-3-2-4-10-11(8)13-9(5-6-12)7-14-10/h2-4,9,13H,5,7H2,1H3. The van der Waals surface area contributed by atoms with Crippen molar-refractivity contribution in [2.45, 2.75) is 24.3 Å². The van der Waals surface area contributed by atoms with Gasteiger partial charge in [0.1, 0.15) is 0 Å². The highest BCUT2D eigenvalue weighted by molar-refractivity contribution is 7.99. The van der Waals surface area contributed by atoms with E-state index in [0.29, 0.717) is 12.5 Å². The van der Waals surface area contributed by atoms with Gasteiger partial charge in [-0.15, -0.1) is 11.8 Å². The van der Waals surface area contributed by atoms with E-state index in [1.165, 1.54) is 16.1 Å². The minimum absolute atomic E-state index is 0.304. The maximum atomic E-state index is 8.64. The van der Waals surface area contributed by atoms with Gasteiger partial charge in [0.05, 0.1) is 18.2 Å². The molecule has 0 spiro atoms. The Bertz CT molecular complexity index is 381. The lowest BCUT2D eigenvalue weighted by atomic mass is 10.1. The molecule has 1 N–H and O–H groups in total. The maximum Gasteiger partial charge on any atom is 0.0643 e. The summed E-state index contributed by atoms with van der Waals surface area (Å²) in [4.78, 5) is 1.30. The van der Waals surface area contributed by atoms with Crippen LogP contribution in [0.3, 0.4) is 0 Å². The van der Waals surface area contributed by atoms with E-state index in [4.69, 9.17) is 5.26 Å². The average molecular weight is 204 g/mol. The predicted molar refractivity (Wildman–Crippen MR) is 59.5 cm³/mol. The number of fused-ring (bicyclic) bond motifs is 1. The number of hydrogen-bond donors (Lipinski definition) is 1. The molecule has 72 valence electrons. The lowest BCUT2D eigenvalue weighted by molar-refractivity contribution is 0.818. The zero-order chi connectivity index (χ0) is 9.97. The Balaban J connectivity index is 2.25. The number of rotatable bonds is 1. The van der Waals surface area contributed by atoms with E-state index in [9.17, 15) is 0 Å². The first-order valence-corrected chi connectivity index (χ1v) is 5.65. The molecule has 1 atom stereocenters. The van der Waals surface area contributed by atoms with Crippen LogP contribution in [0.5, 0.6) is 0 Å². The molecule has 1 aromatic carbocycles. The lowest BCUT2D eigenvalue weighted by Gasteiger charge is -2.26. The summed E-state index contributed by atoms with van der Waals surface area (Å²) >= 11 is 1.84. The van der Waals surface area contributed by atoms with Gasteiger partial charge >= 0.3 is 0 Å². The van der Waals surface area contributed by atoms with E-state index >= 15 is 0 Å². The van der Waals surface area contributed by atoms with Gasteiger partial charge in [-0.05, 0) is 18.6 Å². The van der Waals surface area contributed by atoms with Gasteiger partial charge in [-0.1, -0.05) is 12.1 Å². The van der Waals surface area contributed by atoms with E-state index in [1.807, 2.05) is 11.8 Å². The Morgan fingerprint density at radius 2 is 2.50 bits per heavy atom. The Labute approximate surface area is 88.3 Å². The van der Waals surface area contributed by atoms with Crippen molar-refractivity contribution in [3.63, 3.8) is 0 Å². The third-order valence-corrected chi connectivity index (χ3v) is 3.58. The molecule has 0 saturated carbocycles. The van der Waals surface area contributed by atoms with Gasteiger partial charge in [0.25, 0.3) is 0 Å². The Morgan fingerprint density at radius 3 is 3.29 bits per heavy atom. The van der Waals surface area contributed by atoms with Gasteiger partial charge in [0.15, 0.2) is 0 Å². The molecule has 0 saturated heterocycles. The number of nitriles is 1. The molecule has 1 unspecified atom stereocenters. The molecule has 0 aromatic heterocycles. The molecule has 1 aromatic rings. The molecule has 0 amide bonds. The molecular weight excluding hydrogens is 192 g/mol. The third kappa shape index (κ3) is 1.71. The number of anilines is 1. The number of hydrogen-bond acceptors (Lipinski definition) is 3. The second-order valence-corrected chi connectivity index (χ2v) is 4.52. The van der Waals surface area contributed by atoms with Crippen molar-refractivity contribution in [3.05, 3.63) is 23.8 Å². The molecule has 3 heteroatoms. The van der Waals surface area contributed by atoms with E-state index in [2.05, 4.69) is 36.5 Å². The minimum atomic E-state index is 0.304. The molecule has 1 aliphatic heterocycles. The molecule has 1 heterocycles. The SMILES string of the molecule is Cc1cccc2c1NC(CC#N)CS2. The molecule has 0 aliphatic carbocycles. The summed E-state index contributed by atoms with van der Waals surface area (Å²) in [5.74, 6) is 0.990. The van der Waals surface area contributed by atoms with Crippen molar-refractivity contribution in [3.8, 4) is 6.07 Å². The van der Waals surface area contributed by atoms with Crippen LogP contribution < -0.4 is 5.32 Å². The van der Waals surface area contributed by atoms with Crippen LogP contribution in [0.4, 0.5) is 5.69 Å². The summed E-state index contributed by atoms with van der Waals surface area (Å²) in [5, 5.41) is 12.1. The summed E-state index contributed by atoms with van der Waals surface area (Å²) in [6.45, 7) is 2.10. The van der Waals surface area contributed by atoms with Gasteiger partial charge < -0.3 is 5.32 Å². The van der Waals surface area contributed by atoms with E-state index < -0.39 is 0 Å². The Morgan fingerprint density at radius 1 is 1.64 bits per heavy atom. The largest absolute Gasteiger partial charge is 0.379 e. The van der Waals surface area contributed by atoms with Crippen LogP contribution in [0, 0.1) is 18.3 Å². The second-order valence-electron chi connectivity index (χ2n) is 3.46. The molecule has 2 rings (SSSR count). The summed E-state index contributed by atoms with van der Waals surface area (Å²) in [6, 6.07) is 8.82. The monoisotopic (exact) mass is 204 g/mol. The highest BCUT2D eigenvalue weighted by atomic mass is 32.2. The summed E-state index contributed by atoms with van der Waals surface area (Å²) < 4.78 is 0. The number of para-hydroxylation sites is 1. The number of nitrogens with one attached hydrogen (secondary N) is 1. The first kappa shape index (κ1) is 9.42. The topological polar surface area (TPSA) is 35.8 Å². The van der Waals surface area contributed by atoms with Crippen molar-refractivity contribution >= 4 is 17.4 Å². The lowest BCUT2D eigenvalue weighted by Crippen LogP contribution is -2.25. The molecule has 0 fully saturated rings. The van der Waals surface area contributed by atoms with Crippen LogP contribution in [0.25, 0.3) is 0 Å². The first-order valence-electron chi connectivity index (χ1n) is 4.67. The second kappa shape index (κ2) is 3.93. The fraction of sp³-hybridized carbons (Fsp3) is 0.364. The third-order valence-electron chi connectivity index (χ3n) is 2.36. The van der Waals surface area contributed by atoms with Crippen molar-refractivity contribution in [1.82, 2.24) is 0 Å². The van der Waals surface area contributed by atoms with Crippen LogP contribution in [0.1, 0.15) is 12.0 Å². The Kier molecular flexibility index (Phi) is 2.64. The quantitative estimate of drug-likeness (QED) is 0.764. The van der Waals surface area contributed by atoms with Crippen LogP contribution >= 0.6 is 11.8 Å². The summed E-state index contributed by atoms with van der Waals surface area (Å²) in [7, 11) is 0. The number of benzene rings is 1. The molecule has 0 radical (unpaired) electrons. The summed E-state index contributed by atoms with van der Waals surface area (Å²) in [5.41, 5.74) is 2.47. The fourth-order valence-corrected chi connectivity index (χ4v) is 2.72. The molecular formula is C11H12N2S. The first-order chi connectivity index (χ1) is 6.81. The number of aryl methyl sites for hydroxylation is 1.